The van der Waals surface area contributed by atoms with E-state index in [2.05, 4.69) is 61.6 Å². The first-order valence-corrected chi connectivity index (χ1v) is 13.8. The average molecular weight is 498 g/mol. The first kappa shape index (κ1) is 25.3. The number of Topliss-reactive ketones (excluding diaryl/α,β-unsaturated/α-hetero) is 1. The van der Waals surface area contributed by atoms with Crippen molar-refractivity contribution in [2.75, 3.05) is 7.11 Å². The minimum absolute atomic E-state index is 0.0946. The number of ketones is 1. The van der Waals surface area contributed by atoms with Crippen molar-refractivity contribution in [1.29, 1.82) is 0 Å². The molecule has 0 saturated carbocycles. The van der Waals surface area contributed by atoms with E-state index < -0.39 is 13.9 Å². The largest absolute Gasteiger partial charge is 0.538 e. The van der Waals surface area contributed by atoms with Crippen molar-refractivity contribution in [1.82, 2.24) is 0 Å². The monoisotopic (exact) mass is 497 g/mol. The van der Waals surface area contributed by atoms with Gasteiger partial charge in [-0.3, -0.25) is 4.79 Å². The Morgan fingerprint density at radius 1 is 1.06 bits per heavy atom. The quantitative estimate of drug-likeness (QED) is 0.126. The number of ether oxygens (including phenoxy) is 1. The lowest BCUT2D eigenvalue weighted by atomic mass is 9.91. The van der Waals surface area contributed by atoms with Gasteiger partial charge in [-0.1, -0.05) is 93.1 Å². The predicted octanol–water partition coefficient (Wildman–Crippen LogP) is 5.96. The first-order chi connectivity index (χ1) is 17.2. The smallest absolute Gasteiger partial charge is 0.319 e. The molecule has 0 fully saturated rings. The van der Waals surface area contributed by atoms with Crippen molar-refractivity contribution in [2.45, 2.75) is 44.2 Å². The van der Waals surface area contributed by atoms with Crippen LogP contribution in [0.4, 0.5) is 0 Å². The Morgan fingerprint density at radius 3 is 2.14 bits per heavy atom. The molecule has 0 radical (unpaired) electrons. The molecular weight excluding hydrogens is 466 g/mol. The van der Waals surface area contributed by atoms with Crippen molar-refractivity contribution in [2.24, 2.45) is 5.11 Å². The molecule has 4 rings (SSSR count). The molecule has 0 unspecified atom stereocenters. The number of carbonyl (C=O) groups excluding carboxylic acids is 1. The molecule has 0 heterocycles. The Hall–Kier alpha value is -3.80. The summed E-state index contributed by atoms with van der Waals surface area (Å²) in [5.74, 6) is 0.871. The van der Waals surface area contributed by atoms with Crippen LogP contribution in [0.1, 0.15) is 43.1 Å². The van der Waals surface area contributed by atoms with Crippen LogP contribution in [0.25, 0.3) is 10.4 Å². The normalized spacial score (nSPS) is 17.2. The molecule has 3 aromatic rings. The van der Waals surface area contributed by atoms with Crippen LogP contribution in [-0.4, -0.2) is 26.7 Å². The molecule has 1 aliphatic carbocycles. The Labute approximate surface area is 213 Å². The molecule has 0 aliphatic heterocycles. The summed E-state index contributed by atoms with van der Waals surface area (Å²) >= 11 is 0. The fraction of sp³-hybridized carbons (Fsp3) is 0.276. The van der Waals surface area contributed by atoms with Gasteiger partial charge >= 0.3 is 8.32 Å². The molecule has 0 spiro atoms. The van der Waals surface area contributed by atoms with E-state index in [-0.39, 0.29) is 23.7 Å². The van der Waals surface area contributed by atoms with Gasteiger partial charge in [0, 0.05) is 16.9 Å². The fourth-order valence-electron chi connectivity index (χ4n) is 5.28. The zero-order valence-electron chi connectivity index (χ0n) is 21.2. The van der Waals surface area contributed by atoms with Crippen LogP contribution in [0.3, 0.4) is 0 Å². The highest BCUT2D eigenvalue weighted by molar-refractivity contribution is 6.99. The first-order valence-electron chi connectivity index (χ1n) is 11.9. The molecule has 3 aromatic carbocycles. The second-order valence-electron chi connectivity index (χ2n) is 10.2. The van der Waals surface area contributed by atoms with E-state index in [1.165, 1.54) is 0 Å². The van der Waals surface area contributed by atoms with Crippen LogP contribution < -0.4 is 15.1 Å². The lowest BCUT2D eigenvalue weighted by molar-refractivity contribution is 0.0899. The van der Waals surface area contributed by atoms with Gasteiger partial charge in [0.15, 0.2) is 5.78 Å². The van der Waals surface area contributed by atoms with Gasteiger partial charge in [0.1, 0.15) is 11.3 Å². The highest BCUT2D eigenvalue weighted by Gasteiger charge is 2.53. The summed E-state index contributed by atoms with van der Waals surface area (Å²) in [7, 11) is -1.34. The van der Waals surface area contributed by atoms with Crippen molar-refractivity contribution in [3.05, 3.63) is 113 Å². The number of fused-ring (bicyclic) bond motifs is 1. The molecule has 0 amide bonds. The van der Waals surface area contributed by atoms with Gasteiger partial charge in [0.2, 0.25) is 0 Å². The number of hydrogen-bond donors (Lipinski definition) is 0. The van der Waals surface area contributed by atoms with E-state index in [0.717, 1.165) is 15.9 Å². The van der Waals surface area contributed by atoms with Gasteiger partial charge < -0.3 is 9.16 Å². The SMILES string of the molecule is C=C(C[C@@]1(N=[N+]=[N-])Cc2cc(OC)ccc2C1=O)O[Si](c1ccccc1)(c1ccccc1)C(C)(C)C. The van der Waals surface area contributed by atoms with Gasteiger partial charge in [-0.2, -0.15) is 0 Å². The van der Waals surface area contributed by atoms with Gasteiger partial charge in [-0.15, -0.1) is 0 Å². The molecule has 0 bridgehead atoms. The van der Waals surface area contributed by atoms with Crippen LogP contribution >= 0.6 is 0 Å². The van der Waals surface area contributed by atoms with E-state index in [1.807, 2.05) is 42.5 Å². The number of benzene rings is 3. The zero-order valence-corrected chi connectivity index (χ0v) is 22.2. The number of nitrogens with zero attached hydrogens (tertiary/aromatic N) is 3. The summed E-state index contributed by atoms with van der Waals surface area (Å²) in [4.78, 5) is 16.6. The lowest BCUT2D eigenvalue weighted by Crippen LogP contribution is -2.66. The molecule has 1 atom stereocenters. The third-order valence-electron chi connectivity index (χ3n) is 6.90. The number of carbonyl (C=O) groups is 1. The van der Waals surface area contributed by atoms with Crippen LogP contribution in [0.5, 0.6) is 5.75 Å². The Morgan fingerprint density at radius 2 is 1.64 bits per heavy atom. The number of hydrogen-bond acceptors (Lipinski definition) is 4. The molecule has 7 heteroatoms. The molecule has 6 nitrogen and oxygen atoms in total. The maximum absolute atomic E-state index is 13.6. The van der Waals surface area contributed by atoms with E-state index in [9.17, 15) is 10.3 Å². The summed E-state index contributed by atoms with van der Waals surface area (Å²) in [6, 6.07) is 25.8. The van der Waals surface area contributed by atoms with Gasteiger partial charge in [0.05, 0.1) is 12.9 Å². The second kappa shape index (κ2) is 9.68. The van der Waals surface area contributed by atoms with Gasteiger partial charge in [-0.25, -0.2) is 0 Å². The fourth-order valence-corrected chi connectivity index (χ4v) is 9.72. The predicted molar refractivity (Wildman–Crippen MR) is 145 cm³/mol. The topological polar surface area (TPSA) is 84.3 Å². The molecule has 184 valence electrons. The third kappa shape index (κ3) is 4.32. The van der Waals surface area contributed by atoms with Gasteiger partial charge in [-0.05, 0) is 51.1 Å². The second-order valence-corrected chi connectivity index (χ2v) is 14.5. The summed E-state index contributed by atoms with van der Waals surface area (Å²) in [6.07, 6.45) is 0.364. The van der Waals surface area contributed by atoms with Crippen LogP contribution in [0, 0.1) is 0 Å². The summed E-state index contributed by atoms with van der Waals surface area (Å²) in [6.45, 7) is 10.8. The van der Waals surface area contributed by atoms with Crippen LogP contribution in [0.2, 0.25) is 5.04 Å². The van der Waals surface area contributed by atoms with E-state index in [0.29, 0.717) is 17.1 Å². The van der Waals surface area contributed by atoms with Gasteiger partial charge in [0.25, 0.3) is 0 Å². The van der Waals surface area contributed by atoms with E-state index >= 15 is 0 Å². The molecule has 1 aliphatic rings. The van der Waals surface area contributed by atoms with Crippen LogP contribution in [-0.2, 0) is 10.8 Å². The van der Waals surface area contributed by atoms with Crippen LogP contribution in [0.15, 0.2) is 96.3 Å². The lowest BCUT2D eigenvalue weighted by Gasteiger charge is -2.44. The molecule has 36 heavy (non-hydrogen) atoms. The molecule has 0 aromatic heterocycles. The number of azide groups is 1. The molecular formula is C29H31N3O3Si. The third-order valence-corrected chi connectivity index (χ3v) is 11.9. The minimum Gasteiger partial charge on any atom is -0.538 e. The Bertz CT molecular complexity index is 1290. The van der Waals surface area contributed by atoms with Crippen molar-refractivity contribution in [3.8, 4) is 5.75 Å². The maximum Gasteiger partial charge on any atom is 0.319 e. The summed E-state index contributed by atoms with van der Waals surface area (Å²) in [5.41, 5.74) is 9.45. The number of methoxy groups -OCH3 is 1. The maximum atomic E-state index is 13.6. The van der Waals surface area contributed by atoms with Crippen molar-refractivity contribution in [3.63, 3.8) is 0 Å². The highest BCUT2D eigenvalue weighted by atomic mass is 28.4. The summed E-state index contributed by atoms with van der Waals surface area (Å²) in [5, 5.41) is 6.00. The minimum atomic E-state index is -2.92. The highest BCUT2D eigenvalue weighted by Crippen LogP contribution is 2.42. The molecule has 0 N–H and O–H groups in total. The van der Waals surface area contributed by atoms with E-state index in [1.54, 1.807) is 19.2 Å². The zero-order chi connectivity index (χ0) is 26.0. The number of rotatable bonds is 8. The van der Waals surface area contributed by atoms with Crippen molar-refractivity contribution < 1.29 is 14.0 Å². The Balaban J connectivity index is 1.77. The van der Waals surface area contributed by atoms with Crippen molar-refractivity contribution >= 4 is 24.5 Å². The van der Waals surface area contributed by atoms with E-state index in [4.69, 9.17) is 9.16 Å². The average Bonchev–Trinajstić information content (AvgIpc) is 3.13. The molecule has 0 saturated heterocycles. The standard InChI is InChI=1S/C29H31N3O3Si/c1-21(19-29(31-32-30)20-22-18-23(34-5)16-17-26(22)27(29)33)35-36(28(2,3)4,24-12-8-6-9-13-24)25-14-10-7-11-15-25/h6-18H,1,19-20H2,2-5H3/t29-/m1/s1. The Kier molecular flexibility index (Phi) is 6.80. The summed E-state index contributed by atoms with van der Waals surface area (Å²) < 4.78 is 12.3.